The van der Waals surface area contributed by atoms with Gasteiger partial charge in [0.25, 0.3) is 0 Å². The normalized spacial score (nSPS) is 19.1. The number of benzene rings is 1. The van der Waals surface area contributed by atoms with Crippen molar-refractivity contribution >= 4 is 11.8 Å². The van der Waals surface area contributed by atoms with Crippen LogP contribution in [0.25, 0.3) is 0 Å². The van der Waals surface area contributed by atoms with Gasteiger partial charge in [0, 0.05) is 26.2 Å². The highest BCUT2D eigenvalue weighted by Crippen LogP contribution is 2.21. The van der Waals surface area contributed by atoms with Gasteiger partial charge in [0.1, 0.15) is 0 Å². The number of nitrogens with zero attached hydrogens (tertiary/aromatic N) is 2. The Labute approximate surface area is 125 Å². The molecule has 1 saturated heterocycles. The highest BCUT2D eigenvalue weighted by molar-refractivity contribution is 5.86. The average molecular weight is 289 g/mol. The minimum absolute atomic E-state index is 0.0127. The van der Waals surface area contributed by atoms with E-state index in [2.05, 4.69) is 0 Å². The molecule has 2 atom stereocenters. The third kappa shape index (κ3) is 3.61. The molecular weight excluding hydrogens is 266 g/mol. The Kier molecular flexibility index (Phi) is 4.96. The molecule has 0 aromatic heterocycles. The lowest BCUT2D eigenvalue weighted by Gasteiger charge is -2.27. The number of hydrogen-bond donors (Lipinski definition) is 1. The van der Waals surface area contributed by atoms with E-state index in [4.69, 9.17) is 5.73 Å². The maximum atomic E-state index is 12.6. The molecule has 2 rings (SSSR count). The molecule has 2 amide bonds. The molecule has 0 bridgehead atoms. The van der Waals surface area contributed by atoms with Gasteiger partial charge in [-0.1, -0.05) is 37.3 Å². The number of likely N-dealkylation sites (N-methyl/N-ethyl adjacent to an activating group) is 1. The summed E-state index contributed by atoms with van der Waals surface area (Å²) in [4.78, 5) is 27.8. The van der Waals surface area contributed by atoms with Crippen molar-refractivity contribution in [2.24, 2.45) is 11.7 Å². The standard InChI is InChI=1S/C16H23N3O2/c1-12(15(17)13-7-4-3-5-8-13)16(21)19-10-6-9-18(2)14(20)11-19/h3-5,7-8,12,15H,6,9-11,17H2,1-2H3. The second-order valence-electron chi connectivity index (χ2n) is 5.65. The number of nitrogens with two attached hydrogens (primary N) is 1. The molecule has 0 saturated carbocycles. The maximum Gasteiger partial charge on any atom is 0.241 e. The lowest BCUT2D eigenvalue weighted by molar-refractivity contribution is -0.140. The maximum absolute atomic E-state index is 12.6. The quantitative estimate of drug-likeness (QED) is 0.903. The highest BCUT2D eigenvalue weighted by Gasteiger charge is 2.29. The van der Waals surface area contributed by atoms with Crippen molar-refractivity contribution in [3.05, 3.63) is 35.9 Å². The van der Waals surface area contributed by atoms with Crippen LogP contribution in [0.5, 0.6) is 0 Å². The molecule has 5 heteroatoms. The predicted molar refractivity (Wildman–Crippen MR) is 81.4 cm³/mol. The van der Waals surface area contributed by atoms with E-state index in [9.17, 15) is 9.59 Å². The Balaban J connectivity index is 2.06. The predicted octanol–water partition coefficient (Wildman–Crippen LogP) is 1.01. The molecule has 1 aliphatic rings. The van der Waals surface area contributed by atoms with Crippen LogP contribution in [0, 0.1) is 5.92 Å². The molecule has 1 heterocycles. The lowest BCUT2D eigenvalue weighted by atomic mass is 9.94. The topological polar surface area (TPSA) is 66.6 Å². The van der Waals surface area contributed by atoms with E-state index in [1.165, 1.54) is 0 Å². The minimum Gasteiger partial charge on any atom is -0.344 e. The first-order chi connectivity index (χ1) is 10.0. The Morgan fingerprint density at radius 1 is 1.24 bits per heavy atom. The van der Waals surface area contributed by atoms with Gasteiger partial charge in [-0.05, 0) is 12.0 Å². The van der Waals surface area contributed by atoms with E-state index < -0.39 is 0 Å². The fraction of sp³-hybridized carbons (Fsp3) is 0.500. The van der Waals surface area contributed by atoms with Crippen LogP contribution in [0.4, 0.5) is 0 Å². The molecule has 1 fully saturated rings. The van der Waals surface area contributed by atoms with Crippen LogP contribution in [-0.4, -0.2) is 48.3 Å². The van der Waals surface area contributed by atoms with Gasteiger partial charge in [-0.3, -0.25) is 9.59 Å². The zero-order chi connectivity index (χ0) is 15.4. The van der Waals surface area contributed by atoms with Crippen molar-refractivity contribution in [2.45, 2.75) is 19.4 Å². The summed E-state index contributed by atoms with van der Waals surface area (Å²) in [6, 6.07) is 9.25. The number of rotatable bonds is 3. The summed E-state index contributed by atoms with van der Waals surface area (Å²) in [5.41, 5.74) is 7.15. The molecular formula is C16H23N3O2. The van der Waals surface area contributed by atoms with Gasteiger partial charge in [-0.2, -0.15) is 0 Å². The summed E-state index contributed by atoms with van der Waals surface area (Å²) in [6.45, 7) is 3.29. The van der Waals surface area contributed by atoms with Crippen molar-refractivity contribution < 1.29 is 9.59 Å². The smallest absolute Gasteiger partial charge is 0.241 e. The number of amides is 2. The zero-order valence-corrected chi connectivity index (χ0v) is 12.7. The van der Waals surface area contributed by atoms with Gasteiger partial charge in [-0.15, -0.1) is 0 Å². The van der Waals surface area contributed by atoms with E-state index in [0.717, 1.165) is 12.0 Å². The van der Waals surface area contributed by atoms with E-state index in [0.29, 0.717) is 13.1 Å². The molecule has 2 unspecified atom stereocenters. The molecule has 2 N–H and O–H groups in total. The van der Waals surface area contributed by atoms with Crippen molar-refractivity contribution in [2.75, 3.05) is 26.7 Å². The summed E-state index contributed by atoms with van der Waals surface area (Å²) in [6.07, 6.45) is 0.807. The Bertz CT molecular complexity index is 504. The first-order valence-electron chi connectivity index (χ1n) is 7.34. The molecule has 5 nitrogen and oxygen atoms in total. The molecule has 0 radical (unpaired) electrons. The first-order valence-corrected chi connectivity index (χ1v) is 7.34. The monoisotopic (exact) mass is 289 g/mol. The summed E-state index contributed by atoms with van der Waals surface area (Å²) in [5.74, 6) is -0.403. The second-order valence-corrected chi connectivity index (χ2v) is 5.65. The van der Waals surface area contributed by atoms with Crippen molar-refractivity contribution in [1.29, 1.82) is 0 Å². The molecule has 0 aliphatic carbocycles. The summed E-state index contributed by atoms with van der Waals surface area (Å²) in [5, 5.41) is 0. The van der Waals surface area contributed by atoms with Crippen LogP contribution < -0.4 is 5.73 Å². The van der Waals surface area contributed by atoms with Gasteiger partial charge >= 0.3 is 0 Å². The third-order valence-corrected chi connectivity index (χ3v) is 4.10. The van der Waals surface area contributed by atoms with Crippen LogP contribution in [0.3, 0.4) is 0 Å². The molecule has 0 spiro atoms. The van der Waals surface area contributed by atoms with Crippen molar-refractivity contribution in [1.82, 2.24) is 9.80 Å². The molecule has 114 valence electrons. The number of hydrogen-bond acceptors (Lipinski definition) is 3. The average Bonchev–Trinajstić information content (AvgIpc) is 2.68. The van der Waals surface area contributed by atoms with Crippen LogP contribution >= 0.6 is 0 Å². The van der Waals surface area contributed by atoms with Crippen LogP contribution in [0.15, 0.2) is 30.3 Å². The highest BCUT2D eigenvalue weighted by atomic mass is 16.2. The van der Waals surface area contributed by atoms with E-state index >= 15 is 0 Å². The zero-order valence-electron chi connectivity index (χ0n) is 12.7. The molecule has 21 heavy (non-hydrogen) atoms. The summed E-state index contributed by atoms with van der Waals surface area (Å²) < 4.78 is 0. The SMILES string of the molecule is CC(C(=O)N1CCCN(C)C(=O)C1)C(N)c1ccccc1. The fourth-order valence-corrected chi connectivity index (χ4v) is 2.58. The second kappa shape index (κ2) is 6.72. The molecule has 1 aliphatic heterocycles. The minimum atomic E-state index is -0.352. The van der Waals surface area contributed by atoms with Gasteiger partial charge < -0.3 is 15.5 Å². The molecule has 1 aromatic rings. The lowest BCUT2D eigenvalue weighted by Crippen LogP contribution is -2.43. The Morgan fingerprint density at radius 2 is 1.90 bits per heavy atom. The third-order valence-electron chi connectivity index (χ3n) is 4.10. The Morgan fingerprint density at radius 3 is 2.57 bits per heavy atom. The number of carbonyl (C=O) groups is 2. The fourth-order valence-electron chi connectivity index (χ4n) is 2.58. The van der Waals surface area contributed by atoms with Crippen LogP contribution in [0.2, 0.25) is 0 Å². The van der Waals surface area contributed by atoms with Crippen LogP contribution in [0.1, 0.15) is 24.9 Å². The summed E-state index contributed by atoms with van der Waals surface area (Å²) in [7, 11) is 1.77. The summed E-state index contributed by atoms with van der Waals surface area (Å²) >= 11 is 0. The van der Waals surface area contributed by atoms with Crippen molar-refractivity contribution in [3.63, 3.8) is 0 Å². The van der Waals surface area contributed by atoms with Gasteiger partial charge in [-0.25, -0.2) is 0 Å². The number of carbonyl (C=O) groups excluding carboxylic acids is 2. The first kappa shape index (κ1) is 15.5. The van der Waals surface area contributed by atoms with Crippen molar-refractivity contribution in [3.8, 4) is 0 Å². The van der Waals surface area contributed by atoms with E-state index in [1.807, 2.05) is 37.3 Å². The van der Waals surface area contributed by atoms with E-state index in [-0.39, 0.29) is 30.3 Å². The van der Waals surface area contributed by atoms with Gasteiger partial charge in [0.15, 0.2) is 0 Å². The van der Waals surface area contributed by atoms with E-state index in [1.54, 1.807) is 16.8 Å². The van der Waals surface area contributed by atoms with Crippen LogP contribution in [-0.2, 0) is 9.59 Å². The Hall–Kier alpha value is -1.88. The largest absolute Gasteiger partial charge is 0.344 e. The molecule has 1 aromatic carbocycles. The van der Waals surface area contributed by atoms with Gasteiger partial charge in [0.2, 0.25) is 11.8 Å². The van der Waals surface area contributed by atoms with Gasteiger partial charge in [0.05, 0.1) is 12.5 Å².